The molecule has 2 N–H and O–H groups in total. The Labute approximate surface area is 161 Å². The number of hydrogen-bond acceptors (Lipinski definition) is 3. The highest BCUT2D eigenvalue weighted by Gasteiger charge is 2.12. The summed E-state index contributed by atoms with van der Waals surface area (Å²) in [4.78, 5) is 25.9. The standard InChI is InChI=1S/C22H29N3O2/c1-17-9-7-13-20(18(17)2)24-22(27)16-25(3)15-21(26)23-14-8-12-19-10-5-4-6-11-19/h4-7,9-11,13H,8,12,14-16H2,1-3H3,(H,23,26)(H,24,27). The Morgan fingerprint density at radius 1 is 0.926 bits per heavy atom. The molecule has 0 heterocycles. The first-order valence-corrected chi connectivity index (χ1v) is 9.31. The van der Waals surface area contributed by atoms with Gasteiger partial charge in [-0.2, -0.15) is 0 Å². The van der Waals surface area contributed by atoms with Gasteiger partial charge in [-0.1, -0.05) is 42.5 Å². The molecule has 0 saturated carbocycles. The van der Waals surface area contributed by atoms with E-state index >= 15 is 0 Å². The lowest BCUT2D eigenvalue weighted by Gasteiger charge is -2.17. The molecule has 0 aromatic heterocycles. The Morgan fingerprint density at radius 3 is 2.37 bits per heavy atom. The zero-order valence-electron chi connectivity index (χ0n) is 16.4. The van der Waals surface area contributed by atoms with Crippen molar-refractivity contribution in [2.75, 3.05) is 32.0 Å². The quantitative estimate of drug-likeness (QED) is 0.670. The number of likely N-dealkylation sites (N-methyl/N-ethyl adjacent to an activating group) is 1. The monoisotopic (exact) mass is 367 g/mol. The van der Waals surface area contributed by atoms with Gasteiger partial charge in [0.25, 0.3) is 0 Å². The second kappa shape index (κ2) is 10.5. The van der Waals surface area contributed by atoms with Gasteiger partial charge in [-0.25, -0.2) is 0 Å². The summed E-state index contributed by atoms with van der Waals surface area (Å²) in [5.74, 6) is -0.187. The number of anilines is 1. The van der Waals surface area contributed by atoms with E-state index in [2.05, 4.69) is 22.8 Å². The minimum Gasteiger partial charge on any atom is -0.355 e. The number of carbonyl (C=O) groups is 2. The fraction of sp³-hybridized carbons (Fsp3) is 0.364. The molecule has 2 rings (SSSR count). The van der Waals surface area contributed by atoms with E-state index in [-0.39, 0.29) is 24.9 Å². The SMILES string of the molecule is Cc1cccc(NC(=O)CN(C)CC(=O)NCCCc2ccccc2)c1C. The van der Waals surface area contributed by atoms with Gasteiger partial charge >= 0.3 is 0 Å². The zero-order valence-corrected chi connectivity index (χ0v) is 16.4. The fourth-order valence-corrected chi connectivity index (χ4v) is 2.84. The largest absolute Gasteiger partial charge is 0.355 e. The van der Waals surface area contributed by atoms with Crippen LogP contribution in [-0.2, 0) is 16.0 Å². The van der Waals surface area contributed by atoms with E-state index in [0.717, 1.165) is 29.7 Å². The molecule has 27 heavy (non-hydrogen) atoms. The van der Waals surface area contributed by atoms with Crippen molar-refractivity contribution in [2.45, 2.75) is 26.7 Å². The van der Waals surface area contributed by atoms with Crippen LogP contribution in [0.3, 0.4) is 0 Å². The van der Waals surface area contributed by atoms with Crippen LogP contribution in [0.4, 0.5) is 5.69 Å². The van der Waals surface area contributed by atoms with Gasteiger partial charge < -0.3 is 10.6 Å². The van der Waals surface area contributed by atoms with Crippen molar-refractivity contribution in [1.29, 1.82) is 0 Å². The molecule has 144 valence electrons. The van der Waals surface area contributed by atoms with Gasteiger partial charge in [0.15, 0.2) is 0 Å². The Hall–Kier alpha value is -2.66. The number of nitrogens with zero attached hydrogens (tertiary/aromatic N) is 1. The van der Waals surface area contributed by atoms with Crippen LogP contribution in [0.15, 0.2) is 48.5 Å². The van der Waals surface area contributed by atoms with Crippen LogP contribution in [0.5, 0.6) is 0 Å². The van der Waals surface area contributed by atoms with Crippen molar-refractivity contribution < 1.29 is 9.59 Å². The van der Waals surface area contributed by atoms with Crippen molar-refractivity contribution >= 4 is 17.5 Å². The highest BCUT2D eigenvalue weighted by molar-refractivity contribution is 5.93. The normalized spacial score (nSPS) is 10.7. The number of aryl methyl sites for hydroxylation is 2. The predicted octanol–water partition coefficient (Wildman–Crippen LogP) is 2.92. The van der Waals surface area contributed by atoms with E-state index in [4.69, 9.17) is 0 Å². The smallest absolute Gasteiger partial charge is 0.238 e. The second-order valence-electron chi connectivity index (χ2n) is 6.91. The average molecular weight is 367 g/mol. The van der Waals surface area contributed by atoms with Gasteiger partial charge in [-0.15, -0.1) is 0 Å². The van der Waals surface area contributed by atoms with E-state index in [1.165, 1.54) is 5.56 Å². The maximum absolute atomic E-state index is 12.2. The molecule has 0 aliphatic heterocycles. The van der Waals surface area contributed by atoms with Crippen LogP contribution >= 0.6 is 0 Å². The molecule has 0 saturated heterocycles. The Bertz CT molecular complexity index is 759. The number of rotatable bonds is 9. The van der Waals surface area contributed by atoms with Crippen molar-refractivity contribution in [3.05, 3.63) is 65.2 Å². The molecule has 0 aliphatic rings. The fourth-order valence-electron chi connectivity index (χ4n) is 2.84. The van der Waals surface area contributed by atoms with Gasteiger partial charge in [-0.05, 0) is 56.5 Å². The van der Waals surface area contributed by atoms with E-state index in [9.17, 15) is 9.59 Å². The molecule has 0 aliphatic carbocycles. The van der Waals surface area contributed by atoms with Crippen molar-refractivity contribution in [3.63, 3.8) is 0 Å². The van der Waals surface area contributed by atoms with Gasteiger partial charge in [0.2, 0.25) is 11.8 Å². The summed E-state index contributed by atoms with van der Waals surface area (Å²) in [6.07, 6.45) is 1.84. The zero-order chi connectivity index (χ0) is 19.6. The summed E-state index contributed by atoms with van der Waals surface area (Å²) < 4.78 is 0. The van der Waals surface area contributed by atoms with E-state index < -0.39 is 0 Å². The molecular weight excluding hydrogens is 338 g/mol. The third-order valence-electron chi connectivity index (χ3n) is 4.51. The van der Waals surface area contributed by atoms with Crippen LogP contribution in [0.2, 0.25) is 0 Å². The Kier molecular flexibility index (Phi) is 8.01. The first kappa shape index (κ1) is 20.6. The van der Waals surface area contributed by atoms with Crippen LogP contribution in [0, 0.1) is 13.8 Å². The summed E-state index contributed by atoms with van der Waals surface area (Å²) in [5, 5.41) is 5.82. The number of amides is 2. The molecule has 2 aromatic rings. The Balaban J connectivity index is 1.66. The highest BCUT2D eigenvalue weighted by atomic mass is 16.2. The molecule has 0 atom stereocenters. The lowest BCUT2D eigenvalue weighted by atomic mass is 10.1. The average Bonchev–Trinajstić information content (AvgIpc) is 2.63. The first-order valence-electron chi connectivity index (χ1n) is 9.31. The molecule has 2 amide bonds. The Morgan fingerprint density at radius 2 is 1.63 bits per heavy atom. The lowest BCUT2D eigenvalue weighted by molar-refractivity contribution is -0.122. The summed E-state index contributed by atoms with van der Waals surface area (Å²) in [6, 6.07) is 16.0. The third-order valence-corrected chi connectivity index (χ3v) is 4.51. The summed E-state index contributed by atoms with van der Waals surface area (Å²) in [5.41, 5.74) is 4.28. The van der Waals surface area contributed by atoms with Crippen molar-refractivity contribution in [3.8, 4) is 0 Å². The summed E-state index contributed by atoms with van der Waals surface area (Å²) in [6.45, 7) is 5.00. The maximum Gasteiger partial charge on any atom is 0.238 e. The molecular formula is C22H29N3O2. The molecule has 0 fully saturated rings. The maximum atomic E-state index is 12.2. The minimum absolute atomic E-state index is 0.0647. The number of nitrogens with one attached hydrogen (secondary N) is 2. The molecule has 2 aromatic carbocycles. The van der Waals surface area contributed by atoms with Crippen molar-refractivity contribution in [2.24, 2.45) is 0 Å². The van der Waals surface area contributed by atoms with Crippen LogP contribution < -0.4 is 10.6 Å². The van der Waals surface area contributed by atoms with Crippen LogP contribution in [0.1, 0.15) is 23.1 Å². The van der Waals surface area contributed by atoms with Crippen molar-refractivity contribution in [1.82, 2.24) is 10.2 Å². The molecule has 0 bridgehead atoms. The molecule has 5 nitrogen and oxygen atoms in total. The van der Waals surface area contributed by atoms with Gasteiger partial charge in [-0.3, -0.25) is 14.5 Å². The van der Waals surface area contributed by atoms with Crippen LogP contribution in [-0.4, -0.2) is 43.4 Å². The molecule has 5 heteroatoms. The molecule has 0 spiro atoms. The number of carbonyl (C=O) groups excluding carboxylic acids is 2. The molecule has 0 unspecified atom stereocenters. The summed E-state index contributed by atoms with van der Waals surface area (Å²) in [7, 11) is 1.77. The minimum atomic E-state index is -0.122. The second-order valence-corrected chi connectivity index (χ2v) is 6.91. The van der Waals surface area contributed by atoms with E-state index in [0.29, 0.717) is 6.54 Å². The van der Waals surface area contributed by atoms with Gasteiger partial charge in [0.1, 0.15) is 0 Å². The number of benzene rings is 2. The lowest BCUT2D eigenvalue weighted by Crippen LogP contribution is -2.39. The van der Waals surface area contributed by atoms with Gasteiger partial charge in [0, 0.05) is 12.2 Å². The van der Waals surface area contributed by atoms with Gasteiger partial charge in [0.05, 0.1) is 13.1 Å². The summed E-state index contributed by atoms with van der Waals surface area (Å²) >= 11 is 0. The topological polar surface area (TPSA) is 61.4 Å². The predicted molar refractivity (Wildman–Crippen MR) is 110 cm³/mol. The van der Waals surface area contributed by atoms with Crippen LogP contribution in [0.25, 0.3) is 0 Å². The number of hydrogen-bond donors (Lipinski definition) is 2. The van der Waals surface area contributed by atoms with E-state index in [1.807, 2.05) is 50.2 Å². The van der Waals surface area contributed by atoms with E-state index in [1.54, 1.807) is 11.9 Å². The first-order chi connectivity index (χ1) is 13.0. The molecule has 0 radical (unpaired) electrons. The third kappa shape index (κ3) is 7.23. The highest BCUT2D eigenvalue weighted by Crippen LogP contribution is 2.17.